The first kappa shape index (κ1) is 45.5. The van der Waals surface area contributed by atoms with E-state index in [1.807, 2.05) is 0 Å². The van der Waals surface area contributed by atoms with Crippen molar-refractivity contribution in [2.75, 3.05) is 33.4 Å². The molecule has 0 bridgehead atoms. The van der Waals surface area contributed by atoms with Gasteiger partial charge >= 0.3 is 20.2 Å². The molecule has 3 heterocycles. The number of carbonyl (C=O) groups excluding carboxylic acids is 2. The van der Waals surface area contributed by atoms with E-state index in [4.69, 9.17) is 14.6 Å². The third kappa shape index (κ3) is 10.8. The van der Waals surface area contributed by atoms with Crippen LogP contribution in [0, 0.1) is 0 Å². The predicted molar refractivity (Wildman–Crippen MR) is 181 cm³/mol. The van der Waals surface area contributed by atoms with Crippen LogP contribution in [0.5, 0.6) is 0 Å². The predicted octanol–water partition coefficient (Wildman–Crippen LogP) is 2.08. The molecule has 15 nitrogen and oxygen atoms in total. The van der Waals surface area contributed by atoms with Crippen molar-refractivity contribution < 1.29 is 84.7 Å². The number of amides is 2. The largest absolute Gasteiger partial charge is 0.470 e. The number of aliphatic hydroxyl groups excluding tert-OH is 4. The van der Waals surface area contributed by atoms with Crippen LogP contribution in [-0.4, -0.2) is 117 Å². The number of piperidine rings is 1. The molecule has 56 heavy (non-hydrogen) atoms. The summed E-state index contributed by atoms with van der Waals surface area (Å²) in [6, 6.07) is 8.69. The van der Waals surface area contributed by atoms with Gasteiger partial charge in [0.2, 0.25) is 11.8 Å². The second kappa shape index (κ2) is 17.7. The van der Waals surface area contributed by atoms with E-state index in [1.165, 1.54) is 18.9 Å². The van der Waals surface area contributed by atoms with Gasteiger partial charge in [0, 0.05) is 13.0 Å². The minimum Gasteiger partial charge on any atom is -0.394 e. The van der Waals surface area contributed by atoms with Crippen molar-refractivity contribution >= 4 is 19.6 Å². The second-order valence-electron chi connectivity index (χ2n) is 13.8. The van der Waals surface area contributed by atoms with E-state index in [2.05, 4.69) is 15.2 Å². The van der Waals surface area contributed by atoms with Crippen molar-refractivity contribution in [3.05, 3.63) is 70.8 Å². The third-order valence-electron chi connectivity index (χ3n) is 10.1. The maximum absolute atomic E-state index is 13.5. The summed E-state index contributed by atoms with van der Waals surface area (Å²) >= 11 is 0. The highest BCUT2D eigenvalue weighted by atomic mass is 31.2. The molecule has 1 spiro atoms. The lowest BCUT2D eigenvalue weighted by Crippen LogP contribution is -2.65. The van der Waals surface area contributed by atoms with E-state index in [1.54, 1.807) is 30.3 Å². The molecule has 0 unspecified atom stereocenters. The van der Waals surface area contributed by atoms with Gasteiger partial charge in [-0.25, -0.2) is 4.57 Å². The van der Waals surface area contributed by atoms with Gasteiger partial charge in [-0.05, 0) is 62.6 Å². The number of hydrogen-bond acceptors (Lipinski definition) is 11. The van der Waals surface area contributed by atoms with Gasteiger partial charge in [0.1, 0.15) is 24.9 Å². The highest BCUT2D eigenvalue weighted by Crippen LogP contribution is 2.46. The van der Waals surface area contributed by atoms with Crippen LogP contribution in [0.15, 0.2) is 48.5 Å². The van der Waals surface area contributed by atoms with Gasteiger partial charge in [0.05, 0.1) is 47.6 Å². The van der Waals surface area contributed by atoms with Crippen molar-refractivity contribution in [3.63, 3.8) is 0 Å². The molecule has 3 fully saturated rings. The first-order chi connectivity index (χ1) is 25.9. The van der Waals surface area contributed by atoms with Crippen molar-refractivity contribution in [1.82, 2.24) is 15.5 Å². The molecule has 2 aromatic rings. The lowest BCUT2D eigenvalue weighted by molar-refractivity contribution is -0.253. The average Bonchev–Trinajstić information content (AvgIpc) is 3.50. The number of likely N-dealkylation sites (N-methyl/N-ethyl adjacent to an activating group) is 1. The number of nitrogens with zero attached hydrogens (tertiary/aromatic N) is 1. The first-order valence-electron chi connectivity index (χ1n) is 17.2. The summed E-state index contributed by atoms with van der Waals surface area (Å²) in [5.41, 5.74) is -5.17. The van der Waals surface area contributed by atoms with Gasteiger partial charge in [-0.1, -0.05) is 30.3 Å². The van der Waals surface area contributed by atoms with Crippen LogP contribution in [-0.2, 0) is 46.0 Å². The monoisotopic (exact) mass is 831 g/mol. The quantitative estimate of drug-likeness (QED) is 0.127. The van der Waals surface area contributed by atoms with E-state index in [0.717, 1.165) is 0 Å². The fraction of sp³-hybridized carbons (Fsp3) is 0.588. The Morgan fingerprint density at radius 1 is 1.02 bits per heavy atom. The number of aliphatic hydroxyl groups is 4. The zero-order chi connectivity index (χ0) is 41.9. The van der Waals surface area contributed by atoms with Crippen molar-refractivity contribution in [2.24, 2.45) is 0 Å². The summed E-state index contributed by atoms with van der Waals surface area (Å²) < 4.78 is 108. The maximum Gasteiger partial charge on any atom is 0.470 e. The van der Waals surface area contributed by atoms with Crippen molar-refractivity contribution in [2.45, 2.75) is 92.8 Å². The molecule has 0 saturated carbocycles. The molecule has 3 saturated heterocycles. The van der Waals surface area contributed by atoms with E-state index >= 15 is 0 Å². The van der Waals surface area contributed by atoms with Crippen LogP contribution < -0.4 is 10.6 Å². The Morgan fingerprint density at radius 3 is 2.12 bits per heavy atom. The summed E-state index contributed by atoms with van der Waals surface area (Å²) in [7, 11) is -3.53. The number of benzene rings is 2. The normalized spacial score (nSPS) is 29.1. The summed E-state index contributed by atoms with van der Waals surface area (Å²) in [5, 5.41) is 42.3. The standard InChI is InChI=1S/C27H29F6N2O7P.C7H15NO5/c1-17(18-11-20(26(28,29)30)13-21(12-18)27(31,32)33)41-16-25(19-5-3-2-4-6-19)10-9-24(8-7-22(36)34-24)15-35(25)23(37)14-42-43(38,39)40;1-8-4-6(11)5(10)3(2-9)13-7(4)12/h2-6,11-13,17H,7-10,14-16H2,1H3,(H,34,36)(H2,38,39,40);3-12H,2H2,1H3/t17-,24-,25-;3-,4-,5-,6-,7-/m11/s1. The first-order valence-corrected chi connectivity index (χ1v) is 18.7. The number of rotatable bonds is 10. The van der Waals surface area contributed by atoms with Gasteiger partial charge < -0.3 is 55.2 Å². The van der Waals surface area contributed by atoms with E-state index in [-0.39, 0.29) is 31.4 Å². The molecule has 8 N–H and O–H groups in total. The maximum atomic E-state index is 13.5. The molecular formula is C34H44F6N3O12P. The van der Waals surface area contributed by atoms with E-state index in [0.29, 0.717) is 30.5 Å². The molecular weight excluding hydrogens is 787 g/mol. The van der Waals surface area contributed by atoms with Gasteiger partial charge in [-0.3, -0.25) is 14.1 Å². The topological polar surface area (TPSA) is 228 Å². The van der Waals surface area contributed by atoms with Crippen LogP contribution in [0.1, 0.15) is 61.0 Å². The molecule has 2 amide bonds. The number of phosphoric acid groups is 1. The zero-order valence-electron chi connectivity index (χ0n) is 30.0. The average molecular weight is 832 g/mol. The summed E-state index contributed by atoms with van der Waals surface area (Å²) in [4.78, 5) is 45.3. The van der Waals surface area contributed by atoms with Gasteiger partial charge in [0.15, 0.2) is 6.29 Å². The number of likely N-dealkylation sites (tertiary alicyclic amines) is 1. The van der Waals surface area contributed by atoms with Crippen molar-refractivity contribution in [3.8, 4) is 0 Å². The number of halogens is 6. The fourth-order valence-electron chi connectivity index (χ4n) is 7.00. The SMILES string of the molecule is CN[C@@H]1[C@@H](O)[C@H](O)[C@@H](CO)O[C@H]1O.C[C@@H](OC[C@@]1(c2ccccc2)CC[C@]2(CCC(=O)N2)CN1C(=O)COP(=O)(O)O)c1cc(C(F)(F)F)cc(C(F)(F)F)c1. The molecule has 8 atom stereocenters. The number of carbonyl (C=O) groups is 2. The lowest BCUT2D eigenvalue weighted by atomic mass is 9.74. The minimum absolute atomic E-state index is 0.0135. The number of hydrogen-bond donors (Lipinski definition) is 8. The molecule has 22 heteroatoms. The zero-order valence-corrected chi connectivity index (χ0v) is 30.9. The summed E-state index contributed by atoms with van der Waals surface area (Å²) in [6.07, 6.45) is -14.9. The Kier molecular flexibility index (Phi) is 14.4. The van der Waals surface area contributed by atoms with Crippen LogP contribution in [0.3, 0.4) is 0 Å². The Balaban J connectivity index is 0.000000453. The van der Waals surface area contributed by atoms with E-state index < -0.39 is 110 Å². The molecule has 3 aliphatic rings. The second-order valence-corrected chi connectivity index (χ2v) is 15.0. The molecule has 2 aromatic carbocycles. The molecule has 0 aliphatic carbocycles. The molecule has 5 rings (SSSR count). The Labute approximate surface area is 316 Å². The Bertz CT molecular complexity index is 1690. The molecule has 0 radical (unpaired) electrons. The number of alkyl halides is 6. The van der Waals surface area contributed by atoms with Crippen molar-refractivity contribution in [1.29, 1.82) is 0 Å². The Hall–Kier alpha value is -3.21. The molecule has 0 aromatic heterocycles. The van der Waals surface area contributed by atoms with Gasteiger partial charge in [-0.2, -0.15) is 26.3 Å². The summed E-state index contributed by atoms with van der Waals surface area (Å²) in [5.74, 6) is -1.12. The van der Waals surface area contributed by atoms with Crippen LogP contribution in [0.2, 0.25) is 0 Å². The molecule has 314 valence electrons. The number of nitrogens with one attached hydrogen (secondary N) is 2. The fourth-order valence-corrected chi connectivity index (χ4v) is 7.28. The molecule has 3 aliphatic heterocycles. The van der Waals surface area contributed by atoms with Crippen LogP contribution >= 0.6 is 7.82 Å². The third-order valence-corrected chi connectivity index (χ3v) is 10.5. The van der Waals surface area contributed by atoms with Crippen LogP contribution in [0.25, 0.3) is 0 Å². The van der Waals surface area contributed by atoms with Gasteiger partial charge in [0.25, 0.3) is 0 Å². The highest BCUT2D eigenvalue weighted by Gasteiger charge is 2.53. The highest BCUT2D eigenvalue weighted by molar-refractivity contribution is 7.46. The number of ether oxygens (including phenoxy) is 2. The minimum atomic E-state index is -5.07. The number of phosphoric ester groups is 1. The van der Waals surface area contributed by atoms with Crippen LogP contribution in [0.4, 0.5) is 26.3 Å². The van der Waals surface area contributed by atoms with Gasteiger partial charge in [-0.15, -0.1) is 0 Å². The smallest absolute Gasteiger partial charge is 0.394 e. The lowest BCUT2D eigenvalue weighted by Gasteiger charge is -2.53. The summed E-state index contributed by atoms with van der Waals surface area (Å²) in [6.45, 7) is -0.733. The van der Waals surface area contributed by atoms with E-state index in [9.17, 15) is 65.6 Å². The Morgan fingerprint density at radius 2 is 1.62 bits per heavy atom.